The van der Waals surface area contributed by atoms with Crippen LogP contribution in [0.2, 0.25) is 0 Å². The number of carbonyl (C=O) groups is 1. The zero-order valence-electron chi connectivity index (χ0n) is 13.5. The highest BCUT2D eigenvalue weighted by molar-refractivity contribution is 5.97. The number of amides is 1. The van der Waals surface area contributed by atoms with Crippen molar-refractivity contribution in [1.82, 2.24) is 9.78 Å². The van der Waals surface area contributed by atoms with Crippen LogP contribution in [0.4, 0.5) is 10.2 Å². The fourth-order valence-corrected chi connectivity index (χ4v) is 2.78. The molecule has 1 amide bonds. The fraction of sp³-hybridized carbons (Fsp3) is 0.412. The molecule has 1 heterocycles. The van der Waals surface area contributed by atoms with E-state index < -0.39 is 5.60 Å². The molecule has 0 saturated heterocycles. The Hall–Kier alpha value is -2.37. The maximum Gasteiger partial charge on any atom is 0.269 e. The van der Waals surface area contributed by atoms with E-state index in [9.17, 15) is 9.18 Å². The number of carbonyl (C=O) groups excluding carboxylic acids is 1. The molecule has 1 aliphatic carbocycles. The molecule has 0 spiro atoms. The molecule has 5 nitrogen and oxygen atoms in total. The van der Waals surface area contributed by atoms with E-state index in [0.717, 1.165) is 36.3 Å². The number of halogens is 1. The Labute approximate surface area is 134 Å². The molecular weight excluding hydrogens is 297 g/mol. The Morgan fingerprint density at radius 3 is 2.70 bits per heavy atom. The Kier molecular flexibility index (Phi) is 3.83. The normalized spacial score (nSPS) is 13.7. The highest BCUT2D eigenvalue weighted by atomic mass is 19.1. The standard InChI is InChI=1S/C17H20FN3O2/c1-17(2,23-12-9-7-11(18)8-10-12)16(22)19-15-13-5-4-6-14(13)20-21(15)3/h7-10H,4-6H2,1-3H3,(H,19,22). The monoisotopic (exact) mass is 317 g/mol. The zero-order valence-corrected chi connectivity index (χ0v) is 13.5. The second-order valence-corrected chi connectivity index (χ2v) is 6.27. The number of hydrogen-bond donors (Lipinski definition) is 1. The van der Waals surface area contributed by atoms with Crippen LogP contribution in [-0.4, -0.2) is 21.3 Å². The van der Waals surface area contributed by atoms with Crippen LogP contribution in [0.1, 0.15) is 31.5 Å². The van der Waals surface area contributed by atoms with Crippen molar-refractivity contribution in [3.8, 4) is 5.75 Å². The number of rotatable bonds is 4. The molecule has 3 rings (SSSR count). The summed E-state index contributed by atoms with van der Waals surface area (Å²) in [6.45, 7) is 3.37. The SMILES string of the molecule is Cn1nc2c(c1NC(=O)C(C)(C)Oc1ccc(F)cc1)CCC2. The third-order valence-corrected chi connectivity index (χ3v) is 4.03. The molecule has 122 valence electrons. The van der Waals surface area contributed by atoms with E-state index >= 15 is 0 Å². The average molecular weight is 317 g/mol. The van der Waals surface area contributed by atoms with Gasteiger partial charge in [0, 0.05) is 12.6 Å². The van der Waals surface area contributed by atoms with Gasteiger partial charge in [-0.3, -0.25) is 9.48 Å². The van der Waals surface area contributed by atoms with E-state index in [1.165, 1.54) is 24.3 Å². The smallest absolute Gasteiger partial charge is 0.269 e. The Bertz CT molecular complexity index is 735. The van der Waals surface area contributed by atoms with E-state index in [1.807, 2.05) is 7.05 Å². The van der Waals surface area contributed by atoms with Gasteiger partial charge < -0.3 is 10.1 Å². The minimum absolute atomic E-state index is 0.264. The number of aromatic nitrogens is 2. The predicted molar refractivity (Wildman–Crippen MR) is 85.0 cm³/mol. The third kappa shape index (κ3) is 3.06. The largest absolute Gasteiger partial charge is 0.478 e. The Morgan fingerprint density at radius 1 is 1.30 bits per heavy atom. The summed E-state index contributed by atoms with van der Waals surface area (Å²) in [7, 11) is 1.82. The summed E-state index contributed by atoms with van der Waals surface area (Å²) >= 11 is 0. The minimum atomic E-state index is -1.09. The van der Waals surface area contributed by atoms with Gasteiger partial charge in [-0.15, -0.1) is 0 Å². The summed E-state index contributed by atoms with van der Waals surface area (Å²) in [5.74, 6) is 0.574. The van der Waals surface area contributed by atoms with Gasteiger partial charge >= 0.3 is 0 Å². The van der Waals surface area contributed by atoms with Gasteiger partial charge in [0.2, 0.25) is 0 Å². The lowest BCUT2D eigenvalue weighted by atomic mass is 10.1. The van der Waals surface area contributed by atoms with Crippen molar-refractivity contribution in [3.63, 3.8) is 0 Å². The van der Waals surface area contributed by atoms with Gasteiger partial charge in [0.25, 0.3) is 5.91 Å². The molecule has 2 aromatic rings. The van der Waals surface area contributed by atoms with Crippen LogP contribution in [0.5, 0.6) is 5.75 Å². The van der Waals surface area contributed by atoms with Gasteiger partial charge in [-0.05, 0) is 57.4 Å². The van der Waals surface area contributed by atoms with E-state index in [-0.39, 0.29) is 11.7 Å². The summed E-state index contributed by atoms with van der Waals surface area (Å²) in [5.41, 5.74) is 1.08. The molecule has 1 aromatic heterocycles. The van der Waals surface area contributed by atoms with Gasteiger partial charge in [-0.2, -0.15) is 5.10 Å². The Balaban J connectivity index is 1.75. The topological polar surface area (TPSA) is 56.2 Å². The van der Waals surface area contributed by atoms with E-state index in [4.69, 9.17) is 4.74 Å². The summed E-state index contributed by atoms with van der Waals surface area (Å²) in [4.78, 5) is 12.6. The first-order valence-electron chi connectivity index (χ1n) is 7.67. The molecule has 0 aliphatic heterocycles. The molecule has 1 aliphatic rings. The summed E-state index contributed by atoms with van der Waals surface area (Å²) in [6.07, 6.45) is 2.95. The quantitative estimate of drug-likeness (QED) is 0.943. The number of anilines is 1. The molecule has 0 atom stereocenters. The van der Waals surface area contributed by atoms with Crippen molar-refractivity contribution in [2.45, 2.75) is 38.7 Å². The summed E-state index contributed by atoms with van der Waals surface area (Å²) in [5, 5.41) is 7.36. The molecule has 0 fully saturated rings. The van der Waals surface area contributed by atoms with Crippen molar-refractivity contribution in [2.75, 3.05) is 5.32 Å². The Morgan fingerprint density at radius 2 is 2.00 bits per heavy atom. The van der Waals surface area contributed by atoms with Gasteiger partial charge in [-0.1, -0.05) is 0 Å². The lowest BCUT2D eigenvalue weighted by Crippen LogP contribution is -2.43. The average Bonchev–Trinajstić information content (AvgIpc) is 3.04. The second-order valence-electron chi connectivity index (χ2n) is 6.27. The third-order valence-electron chi connectivity index (χ3n) is 4.03. The van der Waals surface area contributed by atoms with Gasteiger partial charge in [0.15, 0.2) is 5.60 Å². The number of nitrogens with zero attached hydrogens (tertiary/aromatic N) is 2. The van der Waals surface area contributed by atoms with Crippen LogP contribution in [0, 0.1) is 5.82 Å². The lowest BCUT2D eigenvalue weighted by molar-refractivity contribution is -0.128. The molecule has 1 aromatic carbocycles. The highest BCUT2D eigenvalue weighted by Gasteiger charge is 2.32. The summed E-state index contributed by atoms with van der Waals surface area (Å²) in [6, 6.07) is 5.62. The van der Waals surface area contributed by atoms with Crippen LogP contribution in [0.15, 0.2) is 24.3 Å². The van der Waals surface area contributed by atoms with Crippen LogP contribution in [0.3, 0.4) is 0 Å². The lowest BCUT2D eigenvalue weighted by Gasteiger charge is -2.25. The first-order chi connectivity index (χ1) is 10.9. The number of aryl methyl sites for hydroxylation is 2. The fourth-order valence-electron chi connectivity index (χ4n) is 2.78. The van der Waals surface area contributed by atoms with E-state index in [0.29, 0.717) is 5.75 Å². The van der Waals surface area contributed by atoms with Crippen molar-refractivity contribution < 1.29 is 13.9 Å². The van der Waals surface area contributed by atoms with Gasteiger partial charge in [0.05, 0.1) is 5.69 Å². The maximum atomic E-state index is 13.0. The van der Waals surface area contributed by atoms with Crippen molar-refractivity contribution >= 4 is 11.7 Å². The van der Waals surface area contributed by atoms with Gasteiger partial charge in [-0.25, -0.2) is 4.39 Å². The van der Waals surface area contributed by atoms with Crippen molar-refractivity contribution in [3.05, 3.63) is 41.3 Å². The summed E-state index contributed by atoms with van der Waals surface area (Å²) < 4.78 is 20.4. The van der Waals surface area contributed by atoms with Crippen LogP contribution >= 0.6 is 0 Å². The number of nitrogens with one attached hydrogen (secondary N) is 1. The molecular formula is C17H20FN3O2. The van der Waals surface area contributed by atoms with Crippen LogP contribution in [0.25, 0.3) is 0 Å². The van der Waals surface area contributed by atoms with Crippen LogP contribution in [-0.2, 0) is 24.7 Å². The number of benzene rings is 1. The molecule has 1 N–H and O–H groups in total. The van der Waals surface area contributed by atoms with E-state index in [1.54, 1.807) is 18.5 Å². The zero-order chi connectivity index (χ0) is 16.6. The highest BCUT2D eigenvalue weighted by Crippen LogP contribution is 2.29. The van der Waals surface area contributed by atoms with E-state index in [2.05, 4.69) is 10.4 Å². The molecule has 0 bridgehead atoms. The second kappa shape index (κ2) is 5.68. The molecule has 23 heavy (non-hydrogen) atoms. The molecule has 0 saturated carbocycles. The van der Waals surface area contributed by atoms with Crippen LogP contribution < -0.4 is 10.1 Å². The number of fused-ring (bicyclic) bond motifs is 1. The van der Waals surface area contributed by atoms with Gasteiger partial charge in [0.1, 0.15) is 17.4 Å². The first-order valence-corrected chi connectivity index (χ1v) is 7.67. The molecule has 6 heteroatoms. The van der Waals surface area contributed by atoms with Crippen molar-refractivity contribution in [1.29, 1.82) is 0 Å². The first kappa shape index (κ1) is 15.5. The number of ether oxygens (including phenoxy) is 1. The number of hydrogen-bond acceptors (Lipinski definition) is 3. The maximum absolute atomic E-state index is 13.0. The minimum Gasteiger partial charge on any atom is -0.478 e. The molecule has 0 radical (unpaired) electrons. The molecule has 0 unspecified atom stereocenters. The predicted octanol–water partition coefficient (Wildman–Crippen LogP) is 2.84. The van der Waals surface area contributed by atoms with Crippen molar-refractivity contribution in [2.24, 2.45) is 7.05 Å².